The SMILES string of the molecule is CCOC1=CC(=O)C(Cc2ccc([N+](=O)[O-])cc2)C(C)(C)C1. The number of hydrogen-bond donors (Lipinski definition) is 0. The monoisotopic (exact) mass is 303 g/mol. The molecule has 1 aliphatic carbocycles. The van der Waals surface area contributed by atoms with Gasteiger partial charge in [0.15, 0.2) is 5.78 Å². The Labute approximate surface area is 130 Å². The summed E-state index contributed by atoms with van der Waals surface area (Å²) in [7, 11) is 0. The van der Waals surface area contributed by atoms with E-state index in [1.165, 1.54) is 12.1 Å². The first-order valence-corrected chi connectivity index (χ1v) is 7.44. The molecule has 0 N–H and O–H groups in total. The molecule has 1 aromatic rings. The molecule has 0 spiro atoms. The minimum absolute atomic E-state index is 0.0662. The molecule has 0 fully saturated rings. The van der Waals surface area contributed by atoms with Gasteiger partial charge in [0.2, 0.25) is 0 Å². The molecule has 5 heteroatoms. The largest absolute Gasteiger partial charge is 0.498 e. The van der Waals surface area contributed by atoms with E-state index in [1.54, 1.807) is 18.2 Å². The number of carbonyl (C=O) groups excluding carboxylic acids is 1. The fourth-order valence-electron chi connectivity index (χ4n) is 2.91. The Balaban J connectivity index is 2.17. The third-order valence-corrected chi connectivity index (χ3v) is 4.14. The van der Waals surface area contributed by atoms with Crippen molar-refractivity contribution in [3.63, 3.8) is 0 Å². The van der Waals surface area contributed by atoms with Gasteiger partial charge in [-0.2, -0.15) is 0 Å². The lowest BCUT2D eigenvalue weighted by atomic mass is 9.68. The Morgan fingerprint density at radius 3 is 2.45 bits per heavy atom. The molecule has 0 aromatic heterocycles. The Kier molecular flexibility index (Phi) is 4.64. The highest BCUT2D eigenvalue weighted by atomic mass is 16.6. The summed E-state index contributed by atoms with van der Waals surface area (Å²) in [5, 5.41) is 10.7. The molecule has 0 heterocycles. The van der Waals surface area contributed by atoms with E-state index in [-0.39, 0.29) is 22.8 Å². The highest BCUT2D eigenvalue weighted by Crippen LogP contribution is 2.40. The highest BCUT2D eigenvalue weighted by Gasteiger charge is 2.39. The summed E-state index contributed by atoms with van der Waals surface area (Å²) in [4.78, 5) is 22.7. The standard InChI is InChI=1S/C17H21NO4/c1-4-22-14-10-16(19)15(17(2,3)11-14)9-12-5-7-13(8-6-12)18(20)21/h5-8,10,15H,4,9,11H2,1-3H3. The van der Waals surface area contributed by atoms with Crippen LogP contribution >= 0.6 is 0 Å². The number of allylic oxidation sites excluding steroid dienone is 2. The number of ether oxygens (including phenoxy) is 1. The van der Waals surface area contributed by atoms with Gasteiger partial charge in [-0.1, -0.05) is 26.0 Å². The molecular weight excluding hydrogens is 282 g/mol. The van der Waals surface area contributed by atoms with Gasteiger partial charge in [0.05, 0.1) is 11.5 Å². The minimum Gasteiger partial charge on any atom is -0.498 e. The first-order valence-electron chi connectivity index (χ1n) is 7.44. The molecule has 0 amide bonds. The molecule has 0 aliphatic heterocycles. The second kappa shape index (κ2) is 6.30. The quantitative estimate of drug-likeness (QED) is 0.614. The van der Waals surface area contributed by atoms with E-state index in [0.717, 1.165) is 17.7 Å². The van der Waals surface area contributed by atoms with Gasteiger partial charge in [0.1, 0.15) is 5.76 Å². The van der Waals surface area contributed by atoms with Crippen molar-refractivity contribution in [3.05, 3.63) is 51.8 Å². The molecule has 1 atom stereocenters. The number of carbonyl (C=O) groups is 1. The number of nitro benzene ring substituents is 1. The van der Waals surface area contributed by atoms with Gasteiger partial charge in [0, 0.05) is 30.5 Å². The molecule has 1 aliphatic rings. The number of rotatable bonds is 5. The summed E-state index contributed by atoms with van der Waals surface area (Å²) in [6, 6.07) is 6.42. The lowest BCUT2D eigenvalue weighted by Crippen LogP contribution is -2.36. The second-order valence-corrected chi connectivity index (χ2v) is 6.29. The van der Waals surface area contributed by atoms with E-state index in [4.69, 9.17) is 4.74 Å². The molecule has 118 valence electrons. The average molecular weight is 303 g/mol. The van der Waals surface area contributed by atoms with Crippen LogP contribution in [0.2, 0.25) is 0 Å². The zero-order chi connectivity index (χ0) is 16.3. The first-order chi connectivity index (χ1) is 10.3. The molecular formula is C17H21NO4. The van der Waals surface area contributed by atoms with Crippen molar-refractivity contribution in [1.82, 2.24) is 0 Å². The van der Waals surface area contributed by atoms with E-state index in [9.17, 15) is 14.9 Å². The third-order valence-electron chi connectivity index (χ3n) is 4.14. The molecule has 1 aromatic carbocycles. The zero-order valence-electron chi connectivity index (χ0n) is 13.2. The topological polar surface area (TPSA) is 69.4 Å². The summed E-state index contributed by atoms with van der Waals surface area (Å²) >= 11 is 0. The van der Waals surface area contributed by atoms with Crippen LogP contribution in [-0.2, 0) is 16.0 Å². The number of hydrogen-bond acceptors (Lipinski definition) is 4. The van der Waals surface area contributed by atoms with E-state index >= 15 is 0 Å². The lowest BCUT2D eigenvalue weighted by molar-refractivity contribution is -0.384. The molecule has 22 heavy (non-hydrogen) atoms. The van der Waals surface area contributed by atoms with Crippen LogP contribution in [0.5, 0.6) is 0 Å². The fraction of sp³-hybridized carbons (Fsp3) is 0.471. The Hall–Kier alpha value is -2.17. The zero-order valence-corrected chi connectivity index (χ0v) is 13.2. The van der Waals surface area contributed by atoms with Crippen molar-refractivity contribution in [2.75, 3.05) is 6.61 Å². The van der Waals surface area contributed by atoms with Crippen molar-refractivity contribution in [1.29, 1.82) is 0 Å². The van der Waals surface area contributed by atoms with Crippen LogP contribution in [0, 0.1) is 21.4 Å². The predicted molar refractivity (Wildman–Crippen MR) is 83.4 cm³/mol. The smallest absolute Gasteiger partial charge is 0.269 e. The lowest BCUT2D eigenvalue weighted by Gasteiger charge is -2.36. The third kappa shape index (κ3) is 3.53. The first kappa shape index (κ1) is 16.2. The summed E-state index contributed by atoms with van der Waals surface area (Å²) in [5.41, 5.74) is 0.805. The average Bonchev–Trinajstić information content (AvgIpc) is 2.43. The van der Waals surface area contributed by atoms with Crippen molar-refractivity contribution in [2.24, 2.45) is 11.3 Å². The van der Waals surface area contributed by atoms with Gasteiger partial charge < -0.3 is 4.74 Å². The van der Waals surface area contributed by atoms with E-state index in [0.29, 0.717) is 13.0 Å². The second-order valence-electron chi connectivity index (χ2n) is 6.29. The van der Waals surface area contributed by atoms with Crippen LogP contribution in [0.4, 0.5) is 5.69 Å². The summed E-state index contributed by atoms with van der Waals surface area (Å²) in [5.74, 6) is 0.675. The van der Waals surface area contributed by atoms with Gasteiger partial charge in [-0.15, -0.1) is 0 Å². The maximum Gasteiger partial charge on any atom is 0.269 e. The molecule has 0 saturated carbocycles. The summed E-state index contributed by atoms with van der Waals surface area (Å²) in [6.45, 7) is 6.59. The Morgan fingerprint density at radius 1 is 1.32 bits per heavy atom. The van der Waals surface area contributed by atoms with E-state index in [2.05, 4.69) is 13.8 Å². The number of non-ortho nitro benzene ring substituents is 1. The number of ketones is 1. The minimum atomic E-state index is -0.420. The van der Waals surface area contributed by atoms with Crippen LogP contribution in [-0.4, -0.2) is 17.3 Å². The fourth-order valence-corrected chi connectivity index (χ4v) is 2.91. The normalized spacial score (nSPS) is 20.4. The molecule has 1 unspecified atom stereocenters. The summed E-state index contributed by atoms with van der Waals surface area (Å²) < 4.78 is 5.49. The van der Waals surface area contributed by atoms with Crippen LogP contribution in [0.25, 0.3) is 0 Å². The van der Waals surface area contributed by atoms with Crippen LogP contribution in [0.3, 0.4) is 0 Å². The maximum atomic E-state index is 12.4. The molecule has 0 saturated heterocycles. The predicted octanol–water partition coefficient (Wildman–Crippen LogP) is 3.67. The Morgan fingerprint density at radius 2 is 1.95 bits per heavy atom. The number of nitro groups is 1. The van der Waals surface area contributed by atoms with Crippen molar-refractivity contribution in [2.45, 2.75) is 33.6 Å². The molecule has 0 bridgehead atoms. The summed E-state index contributed by atoms with van der Waals surface area (Å²) in [6.07, 6.45) is 2.91. The molecule has 0 radical (unpaired) electrons. The van der Waals surface area contributed by atoms with Crippen molar-refractivity contribution < 1.29 is 14.5 Å². The van der Waals surface area contributed by atoms with Gasteiger partial charge >= 0.3 is 0 Å². The van der Waals surface area contributed by atoms with Crippen LogP contribution < -0.4 is 0 Å². The maximum absolute atomic E-state index is 12.4. The number of nitrogens with zero attached hydrogens (tertiary/aromatic N) is 1. The van der Waals surface area contributed by atoms with Crippen molar-refractivity contribution >= 4 is 11.5 Å². The molecule has 5 nitrogen and oxygen atoms in total. The van der Waals surface area contributed by atoms with E-state index in [1.807, 2.05) is 6.92 Å². The number of benzene rings is 1. The van der Waals surface area contributed by atoms with Crippen molar-refractivity contribution in [3.8, 4) is 0 Å². The Bertz CT molecular complexity index is 602. The van der Waals surface area contributed by atoms with Crippen LogP contribution in [0.1, 0.15) is 32.8 Å². The van der Waals surface area contributed by atoms with Gasteiger partial charge in [-0.05, 0) is 24.3 Å². The van der Waals surface area contributed by atoms with Gasteiger partial charge in [0.25, 0.3) is 5.69 Å². The highest BCUT2D eigenvalue weighted by molar-refractivity contribution is 5.93. The van der Waals surface area contributed by atoms with Gasteiger partial charge in [-0.25, -0.2) is 0 Å². The molecule has 2 rings (SSSR count). The van der Waals surface area contributed by atoms with E-state index < -0.39 is 4.92 Å². The van der Waals surface area contributed by atoms with Gasteiger partial charge in [-0.3, -0.25) is 14.9 Å². The van der Waals surface area contributed by atoms with Crippen LogP contribution in [0.15, 0.2) is 36.1 Å².